The van der Waals surface area contributed by atoms with Crippen LogP contribution in [0.25, 0.3) is 11.3 Å². The van der Waals surface area contributed by atoms with E-state index in [-0.39, 0.29) is 18.4 Å². The van der Waals surface area contributed by atoms with E-state index >= 15 is 0 Å². The van der Waals surface area contributed by atoms with Crippen molar-refractivity contribution in [1.82, 2.24) is 4.98 Å². The van der Waals surface area contributed by atoms with Crippen LogP contribution in [-0.2, 0) is 4.79 Å². The summed E-state index contributed by atoms with van der Waals surface area (Å²) in [4.78, 5) is 19.4. The number of benzene rings is 1. The zero-order valence-corrected chi connectivity index (χ0v) is 13.9. The van der Waals surface area contributed by atoms with Crippen LogP contribution in [0.15, 0.2) is 28.7 Å². The monoisotopic (exact) mass is 366 g/mol. The smallest absolute Gasteiger partial charge is 0.229 e. The van der Waals surface area contributed by atoms with E-state index in [2.05, 4.69) is 20.9 Å². The molecule has 1 amide bonds. The predicted molar refractivity (Wildman–Crippen MR) is 87.5 cm³/mol. The second kappa shape index (κ2) is 5.87. The molecule has 3 rings (SSSR count). The van der Waals surface area contributed by atoms with Gasteiger partial charge in [-0.15, -0.1) is 11.3 Å². The van der Waals surface area contributed by atoms with Crippen LogP contribution in [0.1, 0.15) is 11.3 Å². The number of aryl methyl sites for hydroxylation is 1. The normalized spacial score (nSPS) is 18.5. The van der Waals surface area contributed by atoms with Crippen molar-refractivity contribution in [2.24, 2.45) is 5.92 Å². The number of hydrogen-bond donors (Lipinski definition) is 1. The molecule has 1 aliphatic heterocycles. The summed E-state index contributed by atoms with van der Waals surface area (Å²) in [6.07, 6.45) is 0.406. The summed E-state index contributed by atoms with van der Waals surface area (Å²) in [7, 11) is 0. The van der Waals surface area contributed by atoms with Crippen LogP contribution in [0.2, 0.25) is 0 Å². The fourth-order valence-electron chi connectivity index (χ4n) is 2.46. The first-order chi connectivity index (χ1) is 10.1. The highest BCUT2D eigenvalue weighted by molar-refractivity contribution is 9.10. The van der Waals surface area contributed by atoms with E-state index in [9.17, 15) is 9.90 Å². The molecule has 1 saturated heterocycles. The van der Waals surface area contributed by atoms with Crippen LogP contribution < -0.4 is 4.90 Å². The van der Waals surface area contributed by atoms with Crippen LogP contribution in [0, 0.1) is 12.8 Å². The second-order valence-electron chi connectivity index (χ2n) is 5.17. The fraction of sp³-hybridized carbons (Fsp3) is 0.333. The lowest BCUT2D eigenvalue weighted by molar-refractivity contribution is -0.117. The Bertz CT molecular complexity index is 669. The maximum Gasteiger partial charge on any atom is 0.229 e. The molecule has 1 N–H and O–H groups in total. The number of aromatic nitrogens is 1. The third kappa shape index (κ3) is 2.88. The number of thiazole rings is 1. The summed E-state index contributed by atoms with van der Waals surface area (Å²) in [5, 5.41) is 9.94. The Labute approximate surface area is 135 Å². The molecule has 0 spiro atoms. The Morgan fingerprint density at radius 2 is 2.14 bits per heavy atom. The molecule has 110 valence electrons. The summed E-state index contributed by atoms with van der Waals surface area (Å²) >= 11 is 4.95. The van der Waals surface area contributed by atoms with E-state index in [0.29, 0.717) is 13.0 Å². The van der Waals surface area contributed by atoms with Crippen LogP contribution in [0.4, 0.5) is 5.13 Å². The van der Waals surface area contributed by atoms with Crippen molar-refractivity contribution in [3.63, 3.8) is 0 Å². The number of nitrogens with zero attached hydrogens (tertiary/aromatic N) is 2. The minimum atomic E-state index is 0.0258. The summed E-state index contributed by atoms with van der Waals surface area (Å²) < 4.78 is 1.03. The third-order valence-electron chi connectivity index (χ3n) is 3.60. The first-order valence-electron chi connectivity index (χ1n) is 6.73. The third-order valence-corrected chi connectivity index (χ3v) is 5.12. The Morgan fingerprint density at radius 3 is 2.76 bits per heavy atom. The van der Waals surface area contributed by atoms with E-state index in [1.165, 1.54) is 11.3 Å². The van der Waals surface area contributed by atoms with E-state index in [0.717, 1.165) is 25.7 Å². The SMILES string of the molecule is Cc1sc(N2CC(CO)CC2=O)nc1-c1ccc(Br)cc1. The summed E-state index contributed by atoms with van der Waals surface area (Å²) in [5.41, 5.74) is 1.96. The number of carbonyl (C=O) groups is 1. The molecule has 0 bridgehead atoms. The van der Waals surface area contributed by atoms with Crippen LogP contribution in [0.5, 0.6) is 0 Å². The summed E-state index contributed by atoms with van der Waals surface area (Å²) in [6, 6.07) is 7.99. The first-order valence-corrected chi connectivity index (χ1v) is 8.34. The molecule has 1 aromatic heterocycles. The lowest BCUT2D eigenvalue weighted by atomic mass is 10.1. The number of aliphatic hydroxyl groups excluding tert-OH is 1. The molecule has 0 radical (unpaired) electrons. The van der Waals surface area contributed by atoms with Crippen molar-refractivity contribution in [3.8, 4) is 11.3 Å². The number of halogens is 1. The zero-order valence-electron chi connectivity index (χ0n) is 11.5. The Hall–Kier alpha value is -1.24. The van der Waals surface area contributed by atoms with E-state index in [1.54, 1.807) is 4.90 Å². The van der Waals surface area contributed by atoms with Gasteiger partial charge >= 0.3 is 0 Å². The van der Waals surface area contributed by atoms with Crippen molar-refractivity contribution < 1.29 is 9.90 Å². The number of amides is 1. The van der Waals surface area contributed by atoms with Crippen molar-refractivity contribution >= 4 is 38.3 Å². The van der Waals surface area contributed by atoms with E-state index in [4.69, 9.17) is 0 Å². The van der Waals surface area contributed by atoms with Crippen LogP contribution in [0.3, 0.4) is 0 Å². The molecule has 1 aromatic carbocycles. The standard InChI is InChI=1S/C15H15BrN2O2S/c1-9-14(11-2-4-12(16)5-3-11)17-15(21-9)18-7-10(8-19)6-13(18)20/h2-5,10,19H,6-8H2,1H3. The van der Waals surface area contributed by atoms with Gasteiger partial charge in [-0.25, -0.2) is 4.98 Å². The second-order valence-corrected chi connectivity index (χ2v) is 7.26. The molecule has 2 heterocycles. The van der Waals surface area contributed by atoms with Gasteiger partial charge in [-0.05, 0) is 19.1 Å². The Kier molecular flexibility index (Phi) is 4.10. The lowest BCUT2D eigenvalue weighted by Gasteiger charge is -2.11. The van der Waals surface area contributed by atoms with Crippen LogP contribution >= 0.6 is 27.3 Å². The largest absolute Gasteiger partial charge is 0.396 e. The molecule has 1 aliphatic rings. The van der Waals surface area contributed by atoms with Gasteiger partial charge in [-0.1, -0.05) is 28.1 Å². The molecule has 6 heteroatoms. The van der Waals surface area contributed by atoms with Crippen molar-refractivity contribution in [2.75, 3.05) is 18.1 Å². The number of aliphatic hydroxyl groups is 1. The number of hydrogen-bond acceptors (Lipinski definition) is 4. The molecule has 1 atom stereocenters. The topological polar surface area (TPSA) is 53.4 Å². The molecule has 2 aromatic rings. The quantitative estimate of drug-likeness (QED) is 0.906. The molecule has 0 aliphatic carbocycles. The van der Waals surface area contributed by atoms with Gasteiger partial charge in [0.15, 0.2) is 5.13 Å². The number of carbonyl (C=O) groups excluding carboxylic acids is 1. The maximum absolute atomic E-state index is 12.0. The zero-order chi connectivity index (χ0) is 15.0. The molecule has 1 fully saturated rings. The van der Waals surface area contributed by atoms with Crippen LogP contribution in [-0.4, -0.2) is 29.1 Å². The van der Waals surface area contributed by atoms with Crippen molar-refractivity contribution in [3.05, 3.63) is 33.6 Å². The van der Waals surface area contributed by atoms with Gasteiger partial charge < -0.3 is 5.11 Å². The van der Waals surface area contributed by atoms with Crippen molar-refractivity contribution in [2.45, 2.75) is 13.3 Å². The predicted octanol–water partition coefficient (Wildman–Crippen LogP) is 3.23. The molecule has 1 unspecified atom stereocenters. The molecule has 4 nitrogen and oxygen atoms in total. The summed E-state index contributed by atoms with van der Waals surface area (Å²) in [5.74, 6) is 0.0722. The molecule has 21 heavy (non-hydrogen) atoms. The molecular weight excluding hydrogens is 352 g/mol. The molecule has 0 saturated carbocycles. The van der Waals surface area contributed by atoms with Gasteiger partial charge in [0.1, 0.15) is 0 Å². The Balaban J connectivity index is 1.91. The van der Waals surface area contributed by atoms with Gasteiger partial charge in [0.2, 0.25) is 5.91 Å². The number of anilines is 1. The van der Waals surface area contributed by atoms with E-state index in [1.807, 2.05) is 31.2 Å². The average Bonchev–Trinajstić information content (AvgIpc) is 3.03. The fourth-order valence-corrected chi connectivity index (χ4v) is 3.68. The van der Waals surface area contributed by atoms with E-state index < -0.39 is 0 Å². The Morgan fingerprint density at radius 1 is 1.43 bits per heavy atom. The molecular formula is C15H15BrN2O2S. The maximum atomic E-state index is 12.0. The highest BCUT2D eigenvalue weighted by Crippen LogP contribution is 2.35. The van der Waals surface area contributed by atoms with Gasteiger partial charge in [0.25, 0.3) is 0 Å². The highest BCUT2D eigenvalue weighted by Gasteiger charge is 2.32. The lowest BCUT2D eigenvalue weighted by Crippen LogP contribution is -2.24. The van der Waals surface area contributed by atoms with Gasteiger partial charge in [-0.3, -0.25) is 9.69 Å². The van der Waals surface area contributed by atoms with Gasteiger partial charge in [-0.2, -0.15) is 0 Å². The van der Waals surface area contributed by atoms with Gasteiger partial charge in [0.05, 0.1) is 5.69 Å². The van der Waals surface area contributed by atoms with Crippen molar-refractivity contribution in [1.29, 1.82) is 0 Å². The minimum Gasteiger partial charge on any atom is -0.396 e. The number of rotatable bonds is 3. The first kappa shape index (κ1) is 14.7. The minimum absolute atomic E-state index is 0.0258. The average molecular weight is 367 g/mol. The summed E-state index contributed by atoms with van der Waals surface area (Å²) in [6.45, 7) is 2.62. The highest BCUT2D eigenvalue weighted by atomic mass is 79.9. The van der Waals surface area contributed by atoms with Gasteiger partial charge in [0, 0.05) is 40.4 Å².